The van der Waals surface area contributed by atoms with Crippen molar-refractivity contribution < 1.29 is 5.11 Å². The van der Waals surface area contributed by atoms with Gasteiger partial charge in [0, 0.05) is 7.05 Å². The summed E-state index contributed by atoms with van der Waals surface area (Å²) in [7, 11) is 1.79. The van der Waals surface area contributed by atoms with Crippen LogP contribution >= 0.6 is 22.9 Å². The third kappa shape index (κ3) is 0.781. The molecule has 1 N–H and O–H groups in total. The summed E-state index contributed by atoms with van der Waals surface area (Å²) in [6, 6.07) is 1.94. The monoisotopic (exact) mass is 187 g/mol. The normalized spacial score (nSPS) is 11.1. The smallest absolute Gasteiger partial charge is 0.212 e. The summed E-state index contributed by atoms with van der Waals surface area (Å²) in [5.74, 6) is 0.147. The minimum absolute atomic E-state index is 0.147. The van der Waals surface area contributed by atoms with Crippen molar-refractivity contribution in [2.75, 3.05) is 0 Å². The van der Waals surface area contributed by atoms with Gasteiger partial charge in [0.15, 0.2) is 0 Å². The molecule has 0 aliphatic heterocycles. The van der Waals surface area contributed by atoms with Crippen LogP contribution in [0.25, 0.3) is 10.2 Å². The third-order valence-electron chi connectivity index (χ3n) is 1.72. The van der Waals surface area contributed by atoms with E-state index in [2.05, 4.69) is 0 Å². The van der Waals surface area contributed by atoms with Crippen molar-refractivity contribution in [3.63, 3.8) is 0 Å². The van der Waals surface area contributed by atoms with Gasteiger partial charge in [0.1, 0.15) is 5.02 Å². The van der Waals surface area contributed by atoms with Crippen molar-refractivity contribution >= 4 is 33.2 Å². The first kappa shape index (κ1) is 7.00. The molecule has 4 heteroatoms. The predicted octanol–water partition coefficient (Wildman–Crippen LogP) is 2.60. The molecule has 0 aliphatic rings. The van der Waals surface area contributed by atoms with Crippen LogP contribution in [0.4, 0.5) is 0 Å². The predicted molar refractivity (Wildman–Crippen MR) is 47.5 cm³/mol. The summed E-state index contributed by atoms with van der Waals surface area (Å²) in [5, 5.41) is 11.8. The Morgan fingerprint density at radius 1 is 1.64 bits per heavy atom. The van der Waals surface area contributed by atoms with Gasteiger partial charge in [-0.2, -0.15) is 0 Å². The zero-order valence-electron chi connectivity index (χ0n) is 5.84. The fourth-order valence-electron chi connectivity index (χ4n) is 1.09. The summed E-state index contributed by atoms with van der Waals surface area (Å²) < 4.78 is 2.63. The lowest BCUT2D eigenvalue weighted by atomic mass is 10.5. The molecule has 0 fully saturated rings. The Morgan fingerprint density at radius 2 is 2.36 bits per heavy atom. The molecule has 0 bridgehead atoms. The van der Waals surface area contributed by atoms with Crippen molar-refractivity contribution in [3.05, 3.63) is 16.5 Å². The van der Waals surface area contributed by atoms with E-state index in [1.807, 2.05) is 11.4 Å². The quantitative estimate of drug-likeness (QED) is 0.674. The van der Waals surface area contributed by atoms with Crippen molar-refractivity contribution in [2.24, 2.45) is 7.05 Å². The Hall–Kier alpha value is -0.670. The van der Waals surface area contributed by atoms with Crippen LogP contribution in [0, 0.1) is 0 Å². The zero-order valence-corrected chi connectivity index (χ0v) is 7.41. The number of aromatic hydroxyl groups is 1. The Morgan fingerprint density at radius 3 is 3.00 bits per heavy atom. The minimum atomic E-state index is 0.147. The van der Waals surface area contributed by atoms with E-state index in [-0.39, 0.29) is 5.88 Å². The average molecular weight is 188 g/mol. The highest BCUT2D eigenvalue weighted by Gasteiger charge is 2.12. The molecule has 0 saturated heterocycles. The SMILES string of the molecule is Cn1c(O)c(Cl)c2sccc21. The summed E-state index contributed by atoms with van der Waals surface area (Å²) >= 11 is 7.36. The Balaban J connectivity index is 3.00. The van der Waals surface area contributed by atoms with Crippen molar-refractivity contribution in [3.8, 4) is 5.88 Å². The van der Waals surface area contributed by atoms with E-state index in [0.29, 0.717) is 5.02 Å². The van der Waals surface area contributed by atoms with Crippen LogP contribution in [0.2, 0.25) is 5.02 Å². The maximum absolute atomic E-state index is 9.36. The second-order valence-corrected chi connectivity index (χ2v) is 3.63. The number of nitrogens with zero attached hydrogens (tertiary/aromatic N) is 1. The van der Waals surface area contributed by atoms with Gasteiger partial charge in [0.25, 0.3) is 0 Å². The molecule has 2 rings (SSSR count). The first-order chi connectivity index (χ1) is 5.22. The average Bonchev–Trinajstić information content (AvgIpc) is 2.53. The molecule has 0 unspecified atom stereocenters. The van der Waals surface area contributed by atoms with E-state index >= 15 is 0 Å². The molecule has 58 valence electrons. The lowest BCUT2D eigenvalue weighted by Crippen LogP contribution is -1.83. The summed E-state index contributed by atoms with van der Waals surface area (Å²) in [6.45, 7) is 0. The number of thiophene rings is 1. The fourth-order valence-corrected chi connectivity index (χ4v) is 2.30. The van der Waals surface area contributed by atoms with E-state index in [0.717, 1.165) is 10.2 Å². The van der Waals surface area contributed by atoms with E-state index in [1.165, 1.54) is 11.3 Å². The van der Waals surface area contributed by atoms with Gasteiger partial charge in [-0.1, -0.05) is 11.6 Å². The maximum atomic E-state index is 9.36. The number of halogens is 1. The van der Waals surface area contributed by atoms with E-state index < -0.39 is 0 Å². The van der Waals surface area contributed by atoms with Crippen molar-refractivity contribution in [1.29, 1.82) is 0 Å². The largest absolute Gasteiger partial charge is 0.493 e. The molecule has 0 radical (unpaired) electrons. The molecule has 2 aromatic rings. The van der Waals surface area contributed by atoms with E-state index in [1.54, 1.807) is 11.6 Å². The summed E-state index contributed by atoms with van der Waals surface area (Å²) in [4.78, 5) is 0. The molecule has 2 heterocycles. The molecular formula is C7H6ClNOS. The van der Waals surface area contributed by atoms with Gasteiger partial charge in [-0.25, -0.2) is 0 Å². The van der Waals surface area contributed by atoms with Crippen LogP contribution in [0.5, 0.6) is 5.88 Å². The maximum Gasteiger partial charge on any atom is 0.212 e. The lowest BCUT2D eigenvalue weighted by molar-refractivity contribution is 0.435. The van der Waals surface area contributed by atoms with Crippen LogP contribution in [-0.4, -0.2) is 9.67 Å². The van der Waals surface area contributed by atoms with Gasteiger partial charge in [-0.15, -0.1) is 11.3 Å². The third-order valence-corrected chi connectivity index (χ3v) is 3.11. The van der Waals surface area contributed by atoms with Gasteiger partial charge in [0.2, 0.25) is 5.88 Å². The fraction of sp³-hybridized carbons (Fsp3) is 0.143. The molecule has 2 aromatic heterocycles. The second kappa shape index (κ2) is 2.16. The zero-order chi connectivity index (χ0) is 8.01. The Labute approximate surface area is 72.6 Å². The molecule has 0 aliphatic carbocycles. The number of fused-ring (bicyclic) bond motifs is 1. The number of aromatic nitrogens is 1. The first-order valence-corrected chi connectivity index (χ1v) is 4.38. The number of hydrogen-bond donors (Lipinski definition) is 1. The molecule has 0 spiro atoms. The highest BCUT2D eigenvalue weighted by atomic mass is 35.5. The second-order valence-electron chi connectivity index (χ2n) is 2.33. The minimum Gasteiger partial charge on any atom is -0.493 e. The lowest BCUT2D eigenvalue weighted by Gasteiger charge is -1.93. The molecular weight excluding hydrogens is 182 g/mol. The summed E-state index contributed by atoms with van der Waals surface area (Å²) in [5.41, 5.74) is 0.984. The van der Waals surface area contributed by atoms with Crippen molar-refractivity contribution in [2.45, 2.75) is 0 Å². The van der Waals surface area contributed by atoms with Gasteiger partial charge in [-0.3, -0.25) is 0 Å². The summed E-state index contributed by atoms with van der Waals surface area (Å²) in [6.07, 6.45) is 0. The van der Waals surface area contributed by atoms with Crippen LogP contribution in [-0.2, 0) is 7.05 Å². The number of hydrogen-bond acceptors (Lipinski definition) is 2. The van der Waals surface area contributed by atoms with Crippen LogP contribution in [0.3, 0.4) is 0 Å². The van der Waals surface area contributed by atoms with Crippen LogP contribution in [0.15, 0.2) is 11.4 Å². The number of rotatable bonds is 0. The van der Waals surface area contributed by atoms with Gasteiger partial charge < -0.3 is 9.67 Å². The Bertz CT molecular complexity index is 369. The Kier molecular flexibility index (Phi) is 1.37. The number of aryl methyl sites for hydroxylation is 1. The molecule has 0 saturated carbocycles. The van der Waals surface area contributed by atoms with Crippen LogP contribution in [0.1, 0.15) is 0 Å². The van der Waals surface area contributed by atoms with E-state index in [9.17, 15) is 5.11 Å². The molecule has 2 nitrogen and oxygen atoms in total. The molecule has 11 heavy (non-hydrogen) atoms. The topological polar surface area (TPSA) is 25.2 Å². The molecule has 0 amide bonds. The highest BCUT2D eigenvalue weighted by molar-refractivity contribution is 7.17. The standard InChI is InChI=1S/C7H6ClNOS/c1-9-4-2-3-11-6(4)5(8)7(9)10/h2-3,10H,1H3. The van der Waals surface area contributed by atoms with Crippen molar-refractivity contribution in [1.82, 2.24) is 4.57 Å². The van der Waals surface area contributed by atoms with Crippen LogP contribution < -0.4 is 0 Å². The first-order valence-electron chi connectivity index (χ1n) is 3.12. The van der Waals surface area contributed by atoms with Gasteiger partial charge in [0.05, 0.1) is 10.2 Å². The molecule has 0 atom stereocenters. The highest BCUT2D eigenvalue weighted by Crippen LogP contribution is 2.37. The molecule has 0 aromatic carbocycles. The van der Waals surface area contributed by atoms with E-state index in [4.69, 9.17) is 11.6 Å². The van der Waals surface area contributed by atoms with Gasteiger partial charge in [-0.05, 0) is 11.4 Å². The van der Waals surface area contributed by atoms with Gasteiger partial charge >= 0.3 is 0 Å².